The monoisotopic (exact) mass is 336 g/mol. The third-order valence-electron chi connectivity index (χ3n) is 2.30. The second-order valence-electron chi connectivity index (χ2n) is 3.85. The maximum atomic E-state index is 12.8. The van der Waals surface area contributed by atoms with E-state index in [0.29, 0.717) is 0 Å². The molecule has 21 heavy (non-hydrogen) atoms. The zero-order valence-electron chi connectivity index (χ0n) is 10.4. The molecule has 2 aromatic heterocycles. The lowest BCUT2D eigenvalue weighted by molar-refractivity contribution is -0.141. The van der Waals surface area contributed by atoms with Crippen molar-refractivity contribution in [1.82, 2.24) is 9.97 Å². The minimum absolute atomic E-state index is 0.0158. The summed E-state index contributed by atoms with van der Waals surface area (Å²) in [6.07, 6.45) is -3.24. The summed E-state index contributed by atoms with van der Waals surface area (Å²) in [5.74, 6) is 0.402. The summed E-state index contributed by atoms with van der Waals surface area (Å²) in [6.45, 7) is 0. The molecule has 9 heteroatoms. The van der Waals surface area contributed by atoms with E-state index in [2.05, 4.69) is 9.97 Å². The van der Waals surface area contributed by atoms with Crippen LogP contribution in [0.15, 0.2) is 34.0 Å². The molecule has 0 aliphatic carbocycles. The van der Waals surface area contributed by atoms with Crippen LogP contribution in [0, 0.1) is 0 Å². The van der Waals surface area contributed by atoms with Gasteiger partial charge in [0, 0.05) is 12.2 Å². The molecule has 0 fully saturated rings. The van der Waals surface area contributed by atoms with E-state index in [1.54, 1.807) is 6.07 Å². The first kappa shape index (κ1) is 15.8. The van der Waals surface area contributed by atoms with Gasteiger partial charge in [-0.25, -0.2) is 9.97 Å². The Hall–Kier alpha value is -1.54. The zero-order chi connectivity index (χ0) is 15.5. The van der Waals surface area contributed by atoms with Crippen LogP contribution in [0.3, 0.4) is 0 Å². The van der Waals surface area contributed by atoms with Crippen molar-refractivity contribution < 1.29 is 22.4 Å². The Balaban J connectivity index is 2.31. The van der Waals surface area contributed by atoms with Gasteiger partial charge in [0.25, 0.3) is 0 Å². The normalized spacial score (nSPS) is 11.6. The van der Waals surface area contributed by atoms with Crippen molar-refractivity contribution >= 4 is 28.6 Å². The predicted octanol–water partition coefficient (Wildman–Crippen LogP) is 4.00. The molecule has 0 atom stereocenters. The van der Waals surface area contributed by atoms with Gasteiger partial charge in [0.1, 0.15) is 11.4 Å². The average Bonchev–Trinajstić information content (AvgIpc) is 2.90. The number of aromatic nitrogens is 2. The number of thioether (sulfide) groups is 1. The molecule has 0 saturated carbocycles. The second-order valence-corrected chi connectivity index (χ2v) is 5.33. The number of nitrogens with zero attached hydrogens (tertiary/aromatic N) is 2. The van der Waals surface area contributed by atoms with Crippen molar-refractivity contribution in [1.29, 1.82) is 0 Å². The summed E-state index contributed by atoms with van der Waals surface area (Å²) in [6, 6.07) is 3.86. The number of carbonyl (C=O) groups is 1. The van der Waals surface area contributed by atoms with Crippen LogP contribution in [-0.2, 0) is 11.0 Å². The van der Waals surface area contributed by atoms with E-state index < -0.39 is 17.1 Å². The van der Waals surface area contributed by atoms with Crippen LogP contribution in [0.4, 0.5) is 13.2 Å². The van der Waals surface area contributed by atoms with Gasteiger partial charge in [0.05, 0.1) is 6.26 Å². The van der Waals surface area contributed by atoms with Gasteiger partial charge in [-0.1, -0.05) is 11.8 Å². The van der Waals surface area contributed by atoms with Crippen LogP contribution < -0.4 is 0 Å². The van der Waals surface area contributed by atoms with Crippen molar-refractivity contribution in [2.45, 2.75) is 17.8 Å². The highest BCUT2D eigenvalue weighted by molar-refractivity contribution is 7.99. The lowest BCUT2D eigenvalue weighted by Crippen LogP contribution is -2.10. The number of hydrogen-bond donors (Lipinski definition) is 0. The summed E-state index contributed by atoms with van der Waals surface area (Å²) in [7, 11) is 0. The fraction of sp³-hybridized carbons (Fsp3) is 0.250. The molecular formula is C12H8ClF3N2O2S. The van der Waals surface area contributed by atoms with E-state index in [0.717, 1.165) is 17.8 Å². The van der Waals surface area contributed by atoms with Crippen molar-refractivity contribution in [3.05, 3.63) is 30.2 Å². The molecule has 0 amide bonds. The lowest BCUT2D eigenvalue weighted by atomic mass is 10.2. The molecule has 0 N–H and O–H groups in total. The molecule has 112 valence electrons. The highest BCUT2D eigenvalue weighted by Gasteiger charge is 2.34. The molecule has 0 bridgehead atoms. The highest BCUT2D eigenvalue weighted by Crippen LogP contribution is 2.32. The van der Waals surface area contributed by atoms with E-state index in [9.17, 15) is 18.0 Å². The Labute approximate surface area is 126 Å². The largest absolute Gasteiger partial charge is 0.463 e. The first-order valence-electron chi connectivity index (χ1n) is 5.67. The van der Waals surface area contributed by atoms with E-state index in [1.807, 2.05) is 0 Å². The molecule has 0 aliphatic heterocycles. The van der Waals surface area contributed by atoms with Gasteiger partial charge in [-0.3, -0.25) is 4.79 Å². The molecule has 2 rings (SSSR count). The van der Waals surface area contributed by atoms with E-state index in [1.165, 1.54) is 12.3 Å². The van der Waals surface area contributed by atoms with Crippen molar-refractivity contribution in [3.8, 4) is 11.5 Å². The third-order valence-corrected chi connectivity index (χ3v) is 3.34. The number of carbonyl (C=O) groups excluding carboxylic acids is 1. The third kappa shape index (κ3) is 4.47. The summed E-state index contributed by atoms with van der Waals surface area (Å²) in [5, 5.41) is -0.658. The maximum Gasteiger partial charge on any atom is 0.433 e. The molecule has 0 aromatic carbocycles. The molecule has 4 nitrogen and oxygen atoms in total. The fourth-order valence-electron chi connectivity index (χ4n) is 1.41. The van der Waals surface area contributed by atoms with Crippen LogP contribution in [0.25, 0.3) is 11.5 Å². The quantitative estimate of drug-likeness (QED) is 0.469. The van der Waals surface area contributed by atoms with E-state index in [4.69, 9.17) is 16.0 Å². The van der Waals surface area contributed by atoms with Crippen LogP contribution in [-0.4, -0.2) is 21.0 Å². The molecule has 2 aromatic rings. The Morgan fingerprint density at radius 2 is 2.14 bits per heavy atom. The molecular weight excluding hydrogens is 329 g/mol. The highest BCUT2D eigenvalue weighted by atomic mass is 35.5. The van der Waals surface area contributed by atoms with Gasteiger partial charge in [0.2, 0.25) is 5.24 Å². The smallest absolute Gasteiger partial charge is 0.433 e. The van der Waals surface area contributed by atoms with Crippen molar-refractivity contribution in [2.75, 3.05) is 5.75 Å². The standard InChI is InChI=1S/C12H8ClF3N2O2S/c13-10(19)3-5-21-11-17-7(8-2-1-4-20-8)6-9(18-11)12(14,15)16/h1-2,4,6H,3,5H2. The van der Waals surface area contributed by atoms with Crippen LogP contribution in [0.5, 0.6) is 0 Å². The van der Waals surface area contributed by atoms with E-state index in [-0.39, 0.29) is 28.8 Å². The zero-order valence-corrected chi connectivity index (χ0v) is 11.9. The van der Waals surface area contributed by atoms with Gasteiger partial charge >= 0.3 is 6.18 Å². The Bertz CT molecular complexity index is 632. The topological polar surface area (TPSA) is 56.0 Å². The van der Waals surface area contributed by atoms with Crippen LogP contribution in [0.2, 0.25) is 0 Å². The number of furan rings is 1. The van der Waals surface area contributed by atoms with Crippen molar-refractivity contribution in [2.24, 2.45) is 0 Å². The molecule has 2 heterocycles. The predicted molar refractivity (Wildman–Crippen MR) is 70.9 cm³/mol. The average molecular weight is 337 g/mol. The Morgan fingerprint density at radius 1 is 1.38 bits per heavy atom. The summed E-state index contributed by atoms with van der Waals surface area (Å²) in [4.78, 5) is 18.1. The Kier molecular flexibility index (Phi) is 4.89. The Morgan fingerprint density at radius 3 is 2.71 bits per heavy atom. The van der Waals surface area contributed by atoms with Crippen LogP contribution >= 0.6 is 23.4 Å². The van der Waals surface area contributed by atoms with Gasteiger partial charge in [-0.2, -0.15) is 13.2 Å². The van der Waals surface area contributed by atoms with Crippen LogP contribution in [0.1, 0.15) is 12.1 Å². The molecule has 0 aliphatic rings. The first-order chi connectivity index (χ1) is 9.86. The molecule has 0 radical (unpaired) electrons. The SMILES string of the molecule is O=C(Cl)CCSc1nc(-c2ccco2)cc(C(F)(F)F)n1. The minimum atomic E-state index is -4.60. The molecule has 0 saturated heterocycles. The molecule has 0 spiro atoms. The fourth-order valence-corrected chi connectivity index (χ4v) is 2.41. The van der Waals surface area contributed by atoms with E-state index >= 15 is 0 Å². The van der Waals surface area contributed by atoms with Crippen molar-refractivity contribution in [3.63, 3.8) is 0 Å². The first-order valence-corrected chi connectivity index (χ1v) is 7.04. The summed E-state index contributed by atoms with van der Waals surface area (Å²) in [5.41, 5.74) is -1.04. The number of halogens is 4. The molecule has 0 unspecified atom stereocenters. The van der Waals surface area contributed by atoms with Gasteiger partial charge in [-0.15, -0.1) is 0 Å². The van der Waals surface area contributed by atoms with Gasteiger partial charge in [0.15, 0.2) is 10.9 Å². The number of rotatable bonds is 5. The number of alkyl halides is 3. The number of hydrogen-bond acceptors (Lipinski definition) is 5. The second kappa shape index (κ2) is 6.48. The van der Waals surface area contributed by atoms with Gasteiger partial charge < -0.3 is 4.42 Å². The summed E-state index contributed by atoms with van der Waals surface area (Å²) >= 11 is 6.09. The maximum absolute atomic E-state index is 12.8. The minimum Gasteiger partial charge on any atom is -0.463 e. The van der Waals surface area contributed by atoms with Gasteiger partial charge in [-0.05, 0) is 29.8 Å². The lowest BCUT2D eigenvalue weighted by Gasteiger charge is -2.09. The summed E-state index contributed by atoms with van der Waals surface area (Å²) < 4.78 is 43.5.